The number of amides is 1. The third-order valence-corrected chi connectivity index (χ3v) is 4.60. The first-order chi connectivity index (χ1) is 12.2. The SMILES string of the molecule is COc1ccc(CC(=O)N2CCC[C@H](c3ccncn3)C2)cc1OC. The normalized spacial score (nSPS) is 17.2. The van der Waals surface area contributed by atoms with Gasteiger partial charge in [0.2, 0.25) is 5.91 Å². The fourth-order valence-electron chi connectivity index (χ4n) is 3.26. The van der Waals surface area contributed by atoms with E-state index in [0.29, 0.717) is 24.5 Å². The van der Waals surface area contributed by atoms with E-state index in [1.165, 1.54) is 0 Å². The molecule has 1 saturated heterocycles. The quantitative estimate of drug-likeness (QED) is 0.836. The molecule has 2 aromatic rings. The largest absolute Gasteiger partial charge is 0.493 e. The first kappa shape index (κ1) is 17.2. The second kappa shape index (κ2) is 7.96. The summed E-state index contributed by atoms with van der Waals surface area (Å²) in [6.07, 6.45) is 5.73. The van der Waals surface area contributed by atoms with E-state index in [1.807, 2.05) is 29.2 Å². The van der Waals surface area contributed by atoms with Gasteiger partial charge in [0, 0.05) is 30.9 Å². The fourth-order valence-corrected chi connectivity index (χ4v) is 3.26. The second-order valence-electron chi connectivity index (χ2n) is 6.18. The van der Waals surface area contributed by atoms with Crippen LogP contribution in [0.3, 0.4) is 0 Å². The summed E-state index contributed by atoms with van der Waals surface area (Å²) >= 11 is 0. The van der Waals surface area contributed by atoms with E-state index >= 15 is 0 Å². The van der Waals surface area contributed by atoms with Gasteiger partial charge in [-0.2, -0.15) is 0 Å². The van der Waals surface area contributed by atoms with Crippen LogP contribution in [0, 0.1) is 0 Å². The Kier molecular flexibility index (Phi) is 5.48. The van der Waals surface area contributed by atoms with Crippen molar-refractivity contribution >= 4 is 5.91 Å². The molecule has 0 aliphatic carbocycles. The number of likely N-dealkylation sites (tertiary alicyclic amines) is 1. The predicted molar refractivity (Wildman–Crippen MR) is 93.8 cm³/mol. The average molecular weight is 341 g/mol. The number of hydrogen-bond donors (Lipinski definition) is 0. The summed E-state index contributed by atoms with van der Waals surface area (Å²) in [5.74, 6) is 1.72. The lowest BCUT2D eigenvalue weighted by Gasteiger charge is -2.32. The summed E-state index contributed by atoms with van der Waals surface area (Å²) in [6, 6.07) is 7.54. The van der Waals surface area contributed by atoms with Crippen LogP contribution in [-0.2, 0) is 11.2 Å². The van der Waals surface area contributed by atoms with Crippen molar-refractivity contribution in [2.24, 2.45) is 0 Å². The molecular formula is C19H23N3O3. The maximum absolute atomic E-state index is 12.7. The second-order valence-corrected chi connectivity index (χ2v) is 6.18. The molecule has 0 unspecified atom stereocenters. The molecule has 1 aliphatic rings. The summed E-state index contributed by atoms with van der Waals surface area (Å²) < 4.78 is 10.6. The molecule has 132 valence electrons. The molecule has 0 spiro atoms. The van der Waals surface area contributed by atoms with Gasteiger partial charge in [0.05, 0.1) is 20.6 Å². The Balaban J connectivity index is 1.67. The van der Waals surface area contributed by atoms with Crippen LogP contribution in [0.5, 0.6) is 11.5 Å². The Morgan fingerprint density at radius 2 is 2.08 bits per heavy atom. The van der Waals surface area contributed by atoms with Crippen LogP contribution in [0.15, 0.2) is 36.8 Å². The van der Waals surface area contributed by atoms with Crippen molar-refractivity contribution in [2.75, 3.05) is 27.3 Å². The molecule has 6 heteroatoms. The maximum atomic E-state index is 12.7. The Hall–Kier alpha value is -2.63. The van der Waals surface area contributed by atoms with Gasteiger partial charge in [-0.3, -0.25) is 4.79 Å². The monoisotopic (exact) mass is 341 g/mol. The Morgan fingerprint density at radius 3 is 2.80 bits per heavy atom. The third kappa shape index (κ3) is 4.07. The first-order valence-electron chi connectivity index (χ1n) is 8.46. The number of carbonyl (C=O) groups excluding carboxylic acids is 1. The summed E-state index contributed by atoms with van der Waals surface area (Å²) in [6.45, 7) is 1.51. The minimum atomic E-state index is 0.131. The van der Waals surface area contributed by atoms with Crippen LogP contribution in [0.1, 0.15) is 30.0 Å². The van der Waals surface area contributed by atoms with Gasteiger partial charge in [-0.05, 0) is 36.6 Å². The van der Waals surface area contributed by atoms with Gasteiger partial charge in [-0.25, -0.2) is 9.97 Å². The number of ether oxygens (including phenoxy) is 2. The van der Waals surface area contributed by atoms with Crippen molar-refractivity contribution in [1.29, 1.82) is 0 Å². The van der Waals surface area contributed by atoms with Crippen molar-refractivity contribution in [1.82, 2.24) is 14.9 Å². The molecule has 3 rings (SSSR count). The average Bonchev–Trinajstić information content (AvgIpc) is 2.68. The zero-order chi connectivity index (χ0) is 17.6. The van der Waals surface area contributed by atoms with E-state index in [0.717, 1.165) is 30.6 Å². The zero-order valence-electron chi connectivity index (χ0n) is 14.6. The number of nitrogens with zero attached hydrogens (tertiary/aromatic N) is 3. The molecule has 1 aliphatic heterocycles. The van der Waals surface area contributed by atoms with Crippen LogP contribution in [-0.4, -0.2) is 48.1 Å². The molecule has 1 aromatic heterocycles. The third-order valence-electron chi connectivity index (χ3n) is 4.60. The maximum Gasteiger partial charge on any atom is 0.227 e. The van der Waals surface area contributed by atoms with Crippen LogP contribution < -0.4 is 9.47 Å². The molecule has 1 aromatic carbocycles. The molecule has 0 N–H and O–H groups in total. The zero-order valence-corrected chi connectivity index (χ0v) is 14.6. The molecule has 0 bridgehead atoms. The Labute approximate surface area is 147 Å². The van der Waals surface area contributed by atoms with Gasteiger partial charge < -0.3 is 14.4 Å². The van der Waals surface area contributed by atoms with E-state index in [2.05, 4.69) is 9.97 Å². The number of benzene rings is 1. The van der Waals surface area contributed by atoms with Crippen LogP contribution in [0.2, 0.25) is 0 Å². The number of carbonyl (C=O) groups is 1. The van der Waals surface area contributed by atoms with Gasteiger partial charge in [0.15, 0.2) is 11.5 Å². The van der Waals surface area contributed by atoms with Gasteiger partial charge in [-0.15, -0.1) is 0 Å². The molecule has 2 heterocycles. The van der Waals surface area contributed by atoms with Gasteiger partial charge in [-0.1, -0.05) is 6.07 Å². The molecule has 25 heavy (non-hydrogen) atoms. The number of rotatable bonds is 5. The lowest BCUT2D eigenvalue weighted by molar-refractivity contribution is -0.131. The predicted octanol–water partition coefficient (Wildman–Crippen LogP) is 2.44. The minimum Gasteiger partial charge on any atom is -0.493 e. The van der Waals surface area contributed by atoms with Crippen molar-refractivity contribution in [3.63, 3.8) is 0 Å². The van der Waals surface area contributed by atoms with Crippen LogP contribution in [0.25, 0.3) is 0 Å². The van der Waals surface area contributed by atoms with Gasteiger partial charge >= 0.3 is 0 Å². The summed E-state index contributed by atoms with van der Waals surface area (Å²) in [4.78, 5) is 23.0. The van der Waals surface area contributed by atoms with Crippen molar-refractivity contribution in [2.45, 2.75) is 25.2 Å². The summed E-state index contributed by atoms with van der Waals surface area (Å²) in [5, 5.41) is 0. The van der Waals surface area contributed by atoms with E-state index in [9.17, 15) is 4.79 Å². The lowest BCUT2D eigenvalue weighted by atomic mass is 9.94. The van der Waals surface area contributed by atoms with Crippen molar-refractivity contribution in [3.8, 4) is 11.5 Å². The molecule has 1 fully saturated rings. The number of aromatic nitrogens is 2. The first-order valence-corrected chi connectivity index (χ1v) is 8.46. The van der Waals surface area contributed by atoms with Crippen molar-refractivity contribution < 1.29 is 14.3 Å². The molecule has 6 nitrogen and oxygen atoms in total. The summed E-state index contributed by atoms with van der Waals surface area (Å²) in [5.41, 5.74) is 1.94. The highest BCUT2D eigenvalue weighted by molar-refractivity contribution is 5.79. The smallest absolute Gasteiger partial charge is 0.227 e. The highest BCUT2D eigenvalue weighted by atomic mass is 16.5. The molecular weight excluding hydrogens is 318 g/mol. The minimum absolute atomic E-state index is 0.131. The van der Waals surface area contributed by atoms with E-state index in [-0.39, 0.29) is 11.8 Å². The van der Waals surface area contributed by atoms with E-state index < -0.39 is 0 Å². The molecule has 1 atom stereocenters. The highest BCUT2D eigenvalue weighted by Gasteiger charge is 2.25. The number of piperidine rings is 1. The molecule has 1 amide bonds. The van der Waals surface area contributed by atoms with Gasteiger partial charge in [0.25, 0.3) is 0 Å². The Morgan fingerprint density at radius 1 is 1.24 bits per heavy atom. The summed E-state index contributed by atoms with van der Waals surface area (Å²) in [7, 11) is 3.20. The number of methoxy groups -OCH3 is 2. The topological polar surface area (TPSA) is 64.5 Å². The Bertz CT molecular complexity index is 721. The lowest BCUT2D eigenvalue weighted by Crippen LogP contribution is -2.40. The van der Waals surface area contributed by atoms with Crippen molar-refractivity contribution in [3.05, 3.63) is 48.0 Å². The van der Waals surface area contributed by atoms with Crippen LogP contribution in [0.4, 0.5) is 0 Å². The fraction of sp³-hybridized carbons (Fsp3) is 0.421. The van der Waals surface area contributed by atoms with E-state index in [1.54, 1.807) is 26.7 Å². The van der Waals surface area contributed by atoms with Gasteiger partial charge in [0.1, 0.15) is 6.33 Å². The van der Waals surface area contributed by atoms with E-state index in [4.69, 9.17) is 9.47 Å². The molecule has 0 radical (unpaired) electrons. The number of hydrogen-bond acceptors (Lipinski definition) is 5. The highest BCUT2D eigenvalue weighted by Crippen LogP contribution is 2.29. The molecule has 0 saturated carbocycles. The standard InChI is InChI=1S/C19H23N3O3/c1-24-17-6-5-14(10-18(17)25-2)11-19(23)22-9-3-4-15(12-22)16-7-8-20-13-21-16/h5-8,10,13,15H,3-4,9,11-12H2,1-2H3/t15-/m0/s1. The van der Waals surface area contributed by atoms with Crippen LogP contribution >= 0.6 is 0 Å².